The van der Waals surface area contributed by atoms with Crippen LogP contribution < -0.4 is 4.57 Å². The predicted octanol–water partition coefficient (Wildman–Crippen LogP) is 4.76. The normalized spacial score (nSPS) is 11.0. The van der Waals surface area contributed by atoms with Gasteiger partial charge in [-0.25, -0.2) is 0 Å². The number of hydrogen-bond acceptors (Lipinski definition) is 1. The molecule has 0 aliphatic rings. The molecule has 1 nitrogen and oxygen atoms in total. The van der Waals surface area contributed by atoms with Crippen LogP contribution in [0.1, 0.15) is 5.56 Å². The van der Waals surface area contributed by atoms with Crippen LogP contribution >= 0.6 is 43.2 Å². The number of halogens is 2. The van der Waals surface area contributed by atoms with Gasteiger partial charge in [-0.3, -0.25) is 0 Å². The van der Waals surface area contributed by atoms with Gasteiger partial charge in [0.2, 0.25) is 11.0 Å². The van der Waals surface area contributed by atoms with Crippen LogP contribution in [0.15, 0.2) is 56.9 Å². The Morgan fingerprint density at radius 3 is 2.44 bits per heavy atom. The molecule has 0 fully saturated rings. The average Bonchev–Trinajstić information content (AvgIpc) is 2.80. The van der Waals surface area contributed by atoms with Crippen molar-refractivity contribution in [1.82, 2.24) is 0 Å². The Kier molecular flexibility index (Phi) is 3.50. The molecule has 0 N–H and O–H groups in total. The summed E-state index contributed by atoms with van der Waals surface area (Å²) in [6.45, 7) is 0.899. The lowest BCUT2D eigenvalue weighted by Crippen LogP contribution is -2.32. The van der Waals surface area contributed by atoms with Crippen molar-refractivity contribution in [3.05, 3.63) is 62.5 Å². The summed E-state index contributed by atoms with van der Waals surface area (Å²) in [5.74, 6) is 0. The Morgan fingerprint density at radius 1 is 0.944 bits per heavy atom. The molecule has 0 saturated carbocycles. The van der Waals surface area contributed by atoms with Crippen LogP contribution in [0.25, 0.3) is 10.2 Å². The van der Waals surface area contributed by atoms with E-state index in [0.717, 1.165) is 15.5 Å². The Hall–Kier alpha value is -0.710. The zero-order valence-corrected chi connectivity index (χ0v) is 13.4. The molecule has 0 unspecified atom stereocenters. The average molecular weight is 384 g/mol. The zero-order chi connectivity index (χ0) is 12.5. The molecule has 2 aromatic carbocycles. The number of fused-ring (bicyclic) bond motifs is 1. The molecule has 0 saturated heterocycles. The molecule has 0 radical (unpaired) electrons. The van der Waals surface area contributed by atoms with E-state index in [2.05, 4.69) is 78.3 Å². The molecule has 3 rings (SSSR count). The van der Waals surface area contributed by atoms with Crippen molar-refractivity contribution < 1.29 is 4.57 Å². The first kappa shape index (κ1) is 12.3. The van der Waals surface area contributed by atoms with Crippen molar-refractivity contribution >= 4 is 53.4 Å². The van der Waals surface area contributed by atoms with E-state index in [0.29, 0.717) is 0 Å². The number of aromatic nitrogens is 1. The number of nitrogens with zero attached hydrogens (tertiary/aromatic N) is 1. The van der Waals surface area contributed by atoms with Gasteiger partial charge in [-0.15, -0.1) is 0 Å². The van der Waals surface area contributed by atoms with Crippen molar-refractivity contribution in [3.63, 3.8) is 0 Å². The number of benzene rings is 2. The fourth-order valence-electron chi connectivity index (χ4n) is 1.97. The van der Waals surface area contributed by atoms with Gasteiger partial charge >= 0.3 is 0 Å². The third-order valence-corrected chi connectivity index (χ3v) is 5.39. The minimum Gasteiger partial charge on any atom is -0.183 e. The summed E-state index contributed by atoms with van der Waals surface area (Å²) < 4.78 is 5.85. The van der Waals surface area contributed by atoms with Gasteiger partial charge in [-0.1, -0.05) is 41.7 Å². The van der Waals surface area contributed by atoms with Gasteiger partial charge in [0.15, 0.2) is 6.54 Å². The Labute approximate surface area is 126 Å². The van der Waals surface area contributed by atoms with Crippen molar-refractivity contribution in [2.75, 3.05) is 0 Å². The van der Waals surface area contributed by atoms with Gasteiger partial charge in [0.1, 0.15) is 4.70 Å². The molecule has 0 atom stereocenters. The first-order valence-electron chi connectivity index (χ1n) is 5.54. The van der Waals surface area contributed by atoms with Gasteiger partial charge in [-0.2, -0.15) is 4.57 Å². The highest BCUT2D eigenvalue weighted by atomic mass is 79.9. The topological polar surface area (TPSA) is 3.88 Å². The highest BCUT2D eigenvalue weighted by Gasteiger charge is 2.17. The molecule has 0 aliphatic heterocycles. The molecule has 0 bridgehead atoms. The fourth-order valence-corrected chi connectivity index (χ4v) is 4.19. The Balaban J connectivity index is 2.11. The van der Waals surface area contributed by atoms with Crippen molar-refractivity contribution in [3.8, 4) is 0 Å². The molecular weight excluding hydrogens is 374 g/mol. The number of thiazole rings is 1. The van der Waals surface area contributed by atoms with E-state index in [1.54, 1.807) is 11.3 Å². The highest BCUT2D eigenvalue weighted by molar-refractivity contribution is 9.11. The van der Waals surface area contributed by atoms with E-state index in [1.807, 2.05) is 6.07 Å². The van der Waals surface area contributed by atoms with Gasteiger partial charge in [0.05, 0.1) is 4.47 Å². The van der Waals surface area contributed by atoms with Crippen LogP contribution in [-0.2, 0) is 6.54 Å². The van der Waals surface area contributed by atoms with E-state index < -0.39 is 0 Å². The molecule has 0 aliphatic carbocycles. The van der Waals surface area contributed by atoms with E-state index in [4.69, 9.17) is 0 Å². The smallest absolute Gasteiger partial charge is 0.183 e. The van der Waals surface area contributed by atoms with E-state index in [1.165, 1.54) is 15.8 Å². The third kappa shape index (κ3) is 2.25. The monoisotopic (exact) mass is 382 g/mol. The molecule has 1 heterocycles. The maximum Gasteiger partial charge on any atom is 0.239 e. The number of rotatable bonds is 2. The predicted molar refractivity (Wildman–Crippen MR) is 83.0 cm³/mol. The third-order valence-electron chi connectivity index (χ3n) is 2.81. The quantitative estimate of drug-likeness (QED) is 0.561. The Morgan fingerprint density at radius 2 is 1.67 bits per heavy atom. The van der Waals surface area contributed by atoms with Crippen LogP contribution in [-0.4, -0.2) is 0 Å². The largest absolute Gasteiger partial charge is 0.239 e. The van der Waals surface area contributed by atoms with Crippen LogP contribution in [0.4, 0.5) is 0 Å². The number of hydrogen-bond donors (Lipinski definition) is 0. The summed E-state index contributed by atoms with van der Waals surface area (Å²) >= 11 is 9.01. The van der Waals surface area contributed by atoms with Gasteiger partial charge in [0, 0.05) is 10.0 Å². The molecule has 0 amide bonds. The zero-order valence-electron chi connectivity index (χ0n) is 9.44. The van der Waals surface area contributed by atoms with Crippen molar-refractivity contribution in [2.24, 2.45) is 0 Å². The minimum absolute atomic E-state index is 0.899. The van der Waals surface area contributed by atoms with Crippen LogP contribution in [0.2, 0.25) is 0 Å². The summed E-state index contributed by atoms with van der Waals surface area (Å²) in [5, 5.41) is 0. The summed E-state index contributed by atoms with van der Waals surface area (Å²) in [7, 11) is 0. The first-order chi connectivity index (χ1) is 8.75. The molecule has 1 aromatic heterocycles. The fraction of sp³-hybridized carbons (Fsp3) is 0.0714. The molecule has 18 heavy (non-hydrogen) atoms. The lowest BCUT2D eigenvalue weighted by molar-refractivity contribution is -0.658. The summed E-state index contributed by atoms with van der Waals surface area (Å²) in [6, 6.07) is 14.7. The van der Waals surface area contributed by atoms with E-state index in [-0.39, 0.29) is 0 Å². The maximum atomic E-state index is 3.64. The van der Waals surface area contributed by atoms with Gasteiger partial charge in [-0.05, 0) is 44.0 Å². The van der Waals surface area contributed by atoms with Crippen LogP contribution in [0.3, 0.4) is 0 Å². The molecule has 90 valence electrons. The second-order valence-corrected chi connectivity index (χ2v) is 6.61. The maximum absolute atomic E-state index is 3.64. The Bertz CT molecular complexity index is 692. The summed E-state index contributed by atoms with van der Waals surface area (Å²) in [6.07, 6.45) is 0. The molecule has 4 heteroatoms. The van der Waals surface area contributed by atoms with Crippen LogP contribution in [0, 0.1) is 0 Å². The van der Waals surface area contributed by atoms with E-state index in [9.17, 15) is 0 Å². The van der Waals surface area contributed by atoms with E-state index >= 15 is 0 Å². The molecule has 0 spiro atoms. The highest BCUT2D eigenvalue weighted by Crippen LogP contribution is 2.31. The van der Waals surface area contributed by atoms with Crippen molar-refractivity contribution in [1.29, 1.82) is 0 Å². The molecular formula is C14H10Br2NS+. The van der Waals surface area contributed by atoms with Gasteiger partial charge < -0.3 is 0 Å². The second-order valence-electron chi connectivity index (χ2n) is 4.04. The second kappa shape index (κ2) is 5.11. The SMILES string of the molecule is Brc1ccc(Br)c2c1sc[n+]2Cc1ccccc1. The molecule has 3 aromatic rings. The standard InChI is InChI=1S/C14H10Br2NS/c15-11-6-7-12(16)14-13(11)17(9-18-14)8-10-4-2-1-3-5-10/h1-7,9H,8H2/q+1. The summed E-state index contributed by atoms with van der Waals surface area (Å²) in [4.78, 5) is 0. The van der Waals surface area contributed by atoms with Gasteiger partial charge in [0.25, 0.3) is 0 Å². The first-order valence-corrected chi connectivity index (χ1v) is 8.01. The van der Waals surface area contributed by atoms with Crippen molar-refractivity contribution in [2.45, 2.75) is 6.54 Å². The summed E-state index contributed by atoms with van der Waals surface area (Å²) in [5.41, 5.74) is 4.74. The van der Waals surface area contributed by atoms with Crippen LogP contribution in [0.5, 0.6) is 0 Å². The minimum atomic E-state index is 0.899. The lowest BCUT2D eigenvalue weighted by Gasteiger charge is -1.98. The lowest BCUT2D eigenvalue weighted by atomic mass is 10.2.